The van der Waals surface area contributed by atoms with Crippen molar-refractivity contribution >= 4 is 32.6 Å². The number of Topliss-reactive ketones (excluding diaryl/α,β-unsaturated/α-hetero) is 1. The Hall–Kier alpha value is -1.13. The van der Waals surface area contributed by atoms with Gasteiger partial charge in [-0.2, -0.15) is 0 Å². The lowest BCUT2D eigenvalue weighted by Crippen LogP contribution is -2.28. The van der Waals surface area contributed by atoms with Crippen LogP contribution in [0.25, 0.3) is 10.9 Å². The second-order valence-electron chi connectivity index (χ2n) is 4.76. The number of ketones is 1. The van der Waals surface area contributed by atoms with Gasteiger partial charge in [0.25, 0.3) is 0 Å². The highest BCUT2D eigenvalue weighted by atomic mass is 79.9. The summed E-state index contributed by atoms with van der Waals surface area (Å²) in [6.45, 7) is 3.32. The Balaban J connectivity index is 2.56. The molecular weight excluding hydrogens is 282 g/mol. The van der Waals surface area contributed by atoms with E-state index in [0.29, 0.717) is 5.56 Å². The summed E-state index contributed by atoms with van der Waals surface area (Å²) in [7, 11) is 0. The summed E-state index contributed by atoms with van der Waals surface area (Å²) in [5.74, 6) is -0.0515. The van der Waals surface area contributed by atoms with Gasteiger partial charge in [-0.1, -0.05) is 29.8 Å². The summed E-state index contributed by atoms with van der Waals surface area (Å²) in [6, 6.07) is 5.75. The zero-order chi connectivity index (χ0) is 12.6. The number of aromatic nitrogens is 1. The number of nitrogens with one attached hydrogen (secondary N) is 1. The maximum atomic E-state index is 12.3. The van der Waals surface area contributed by atoms with Gasteiger partial charge >= 0.3 is 0 Å². The third-order valence-electron chi connectivity index (χ3n) is 2.90. The number of fused-ring (bicyclic) bond motifs is 1. The summed E-state index contributed by atoms with van der Waals surface area (Å²) < 4.78 is 0.931. The highest BCUT2D eigenvalue weighted by Crippen LogP contribution is 2.28. The van der Waals surface area contributed by atoms with Gasteiger partial charge in [0.2, 0.25) is 0 Å². The molecule has 1 heterocycles. The first kappa shape index (κ1) is 12.3. The summed E-state index contributed by atoms with van der Waals surface area (Å²) in [4.78, 5) is 15.4. The molecule has 4 heteroatoms. The van der Waals surface area contributed by atoms with E-state index in [-0.39, 0.29) is 12.4 Å². The molecule has 0 aliphatic rings. The van der Waals surface area contributed by atoms with Crippen LogP contribution in [-0.2, 0) is 0 Å². The van der Waals surface area contributed by atoms with Crippen LogP contribution in [0.1, 0.15) is 24.2 Å². The van der Waals surface area contributed by atoms with E-state index in [2.05, 4.69) is 20.9 Å². The Morgan fingerprint density at radius 2 is 2.18 bits per heavy atom. The minimum atomic E-state index is -0.753. The maximum absolute atomic E-state index is 12.3. The van der Waals surface area contributed by atoms with E-state index in [0.717, 1.165) is 15.4 Å². The topological polar surface area (TPSA) is 53.1 Å². The molecule has 0 spiro atoms. The molecule has 0 saturated carbocycles. The predicted octanol–water partition coefficient (Wildman–Crippen LogP) is 3.13. The highest BCUT2D eigenvalue weighted by molar-refractivity contribution is 9.10. The fourth-order valence-electron chi connectivity index (χ4n) is 1.72. The fourth-order valence-corrected chi connectivity index (χ4v) is 2.08. The molecule has 0 bridgehead atoms. The van der Waals surface area contributed by atoms with Gasteiger partial charge in [-0.25, -0.2) is 0 Å². The summed E-state index contributed by atoms with van der Waals surface area (Å²) in [5.41, 5.74) is 0.794. The van der Waals surface area contributed by atoms with Crippen molar-refractivity contribution in [3.05, 3.63) is 34.4 Å². The lowest BCUT2D eigenvalue weighted by Gasteiger charge is -2.19. The van der Waals surface area contributed by atoms with Gasteiger partial charge in [-0.15, -0.1) is 0 Å². The zero-order valence-electron chi connectivity index (χ0n) is 9.75. The first-order valence-corrected chi connectivity index (χ1v) is 6.17. The average molecular weight is 296 g/mol. The molecule has 0 unspecified atom stereocenters. The first-order valence-electron chi connectivity index (χ1n) is 5.38. The van der Waals surface area contributed by atoms with Crippen LogP contribution in [0, 0.1) is 5.41 Å². The van der Waals surface area contributed by atoms with Gasteiger partial charge in [-0.05, 0) is 18.2 Å². The zero-order valence-corrected chi connectivity index (χ0v) is 11.3. The Morgan fingerprint density at radius 1 is 1.47 bits per heavy atom. The van der Waals surface area contributed by atoms with Gasteiger partial charge in [0.1, 0.15) is 0 Å². The molecule has 0 aliphatic heterocycles. The Morgan fingerprint density at radius 3 is 2.82 bits per heavy atom. The molecule has 0 atom stereocenters. The van der Waals surface area contributed by atoms with Gasteiger partial charge < -0.3 is 10.1 Å². The van der Waals surface area contributed by atoms with Crippen molar-refractivity contribution in [1.82, 2.24) is 4.98 Å². The average Bonchev–Trinajstić information content (AvgIpc) is 2.70. The largest absolute Gasteiger partial charge is 0.395 e. The third-order valence-corrected chi connectivity index (χ3v) is 3.39. The van der Waals surface area contributed by atoms with E-state index in [1.165, 1.54) is 0 Å². The molecule has 2 rings (SSSR count). The Bertz CT molecular complexity index is 572. The lowest BCUT2D eigenvalue weighted by atomic mass is 9.85. The molecule has 1 aromatic heterocycles. The fraction of sp³-hybridized carbons (Fsp3) is 0.308. The van der Waals surface area contributed by atoms with E-state index in [1.807, 2.05) is 18.2 Å². The van der Waals surface area contributed by atoms with Crippen LogP contribution in [0.4, 0.5) is 0 Å². The van der Waals surface area contributed by atoms with E-state index in [1.54, 1.807) is 20.0 Å². The number of hydrogen-bond acceptors (Lipinski definition) is 2. The molecule has 0 amide bonds. The van der Waals surface area contributed by atoms with E-state index in [4.69, 9.17) is 0 Å². The molecule has 17 heavy (non-hydrogen) atoms. The number of carbonyl (C=O) groups is 1. The molecule has 0 radical (unpaired) electrons. The molecule has 0 aliphatic carbocycles. The van der Waals surface area contributed by atoms with Gasteiger partial charge in [0.15, 0.2) is 5.78 Å². The van der Waals surface area contributed by atoms with Crippen molar-refractivity contribution in [3.63, 3.8) is 0 Å². The molecule has 3 nitrogen and oxygen atoms in total. The summed E-state index contributed by atoms with van der Waals surface area (Å²) >= 11 is 3.39. The molecular formula is C13H14BrNO2. The van der Waals surface area contributed by atoms with E-state index in [9.17, 15) is 9.90 Å². The number of aromatic amines is 1. The third kappa shape index (κ3) is 2.15. The smallest absolute Gasteiger partial charge is 0.172 e. The quantitative estimate of drug-likeness (QED) is 0.855. The van der Waals surface area contributed by atoms with E-state index >= 15 is 0 Å². The first-order chi connectivity index (χ1) is 7.95. The molecule has 0 fully saturated rings. The summed E-state index contributed by atoms with van der Waals surface area (Å²) in [5, 5.41) is 10.1. The van der Waals surface area contributed by atoms with Crippen molar-refractivity contribution in [2.24, 2.45) is 5.41 Å². The van der Waals surface area contributed by atoms with Crippen molar-refractivity contribution in [3.8, 4) is 0 Å². The number of halogens is 1. The highest BCUT2D eigenvalue weighted by Gasteiger charge is 2.29. The van der Waals surface area contributed by atoms with Crippen molar-refractivity contribution in [1.29, 1.82) is 0 Å². The molecule has 1 aromatic carbocycles. The standard InChI is InChI=1S/C13H14BrNO2/c1-13(2,7-16)12(17)10-6-15-11-4-3-8(14)5-9(10)11/h3-6,15-16H,7H2,1-2H3. The lowest BCUT2D eigenvalue weighted by molar-refractivity contribution is 0.0728. The summed E-state index contributed by atoms with van der Waals surface area (Å²) in [6.07, 6.45) is 1.71. The van der Waals surface area contributed by atoms with Crippen molar-refractivity contribution < 1.29 is 9.90 Å². The van der Waals surface area contributed by atoms with Gasteiger partial charge in [-0.3, -0.25) is 4.79 Å². The predicted molar refractivity (Wildman–Crippen MR) is 71.2 cm³/mol. The Kier molecular flexibility index (Phi) is 3.10. The number of aliphatic hydroxyl groups excluding tert-OH is 1. The second-order valence-corrected chi connectivity index (χ2v) is 5.68. The van der Waals surface area contributed by atoms with Crippen molar-refractivity contribution in [2.75, 3.05) is 6.61 Å². The van der Waals surface area contributed by atoms with E-state index < -0.39 is 5.41 Å². The van der Waals surface area contributed by atoms with Crippen molar-refractivity contribution in [2.45, 2.75) is 13.8 Å². The van der Waals surface area contributed by atoms with Crippen LogP contribution in [-0.4, -0.2) is 22.5 Å². The number of benzene rings is 1. The van der Waals surface area contributed by atoms with Crippen LogP contribution in [0.15, 0.2) is 28.9 Å². The van der Waals surface area contributed by atoms with Crippen LogP contribution < -0.4 is 0 Å². The molecule has 2 N–H and O–H groups in total. The van der Waals surface area contributed by atoms with Gasteiger partial charge in [0.05, 0.1) is 12.0 Å². The number of aliphatic hydroxyl groups is 1. The van der Waals surface area contributed by atoms with Crippen LogP contribution in [0.5, 0.6) is 0 Å². The van der Waals surface area contributed by atoms with Crippen LogP contribution in [0.2, 0.25) is 0 Å². The van der Waals surface area contributed by atoms with Crippen LogP contribution in [0.3, 0.4) is 0 Å². The number of rotatable bonds is 3. The molecule has 90 valence electrons. The minimum Gasteiger partial charge on any atom is -0.395 e. The Labute approximate surface area is 108 Å². The monoisotopic (exact) mass is 295 g/mol. The number of hydrogen-bond donors (Lipinski definition) is 2. The number of carbonyl (C=O) groups excluding carboxylic acids is 1. The molecule has 2 aromatic rings. The normalized spacial score (nSPS) is 12.0. The SMILES string of the molecule is CC(C)(CO)C(=O)c1c[nH]c2ccc(Br)cc12. The second kappa shape index (κ2) is 4.27. The number of H-pyrrole nitrogens is 1. The minimum absolute atomic E-state index is 0.0515. The van der Waals surface area contributed by atoms with Gasteiger partial charge in [0, 0.05) is 27.1 Å². The van der Waals surface area contributed by atoms with Crippen LogP contribution >= 0.6 is 15.9 Å². The maximum Gasteiger partial charge on any atom is 0.172 e. The molecule has 0 saturated heterocycles.